The fourth-order valence-electron chi connectivity index (χ4n) is 2.25. The number of carbonyl (C=O) groups is 2. The van der Waals surface area contributed by atoms with Crippen LogP contribution in [0.4, 0.5) is 0 Å². The number of methoxy groups -OCH3 is 1. The first-order chi connectivity index (χ1) is 10.3. The summed E-state index contributed by atoms with van der Waals surface area (Å²) in [5.74, 6) is -0.968. The lowest BCUT2D eigenvalue weighted by atomic mass is 9.94. The molecule has 0 fully saturated rings. The van der Waals surface area contributed by atoms with Crippen LogP contribution < -0.4 is 4.74 Å². The first-order valence-electron chi connectivity index (χ1n) is 6.73. The number of hydrogen-bond donors (Lipinski definition) is 1. The fraction of sp³-hybridized carbons (Fsp3) is 0.438. The van der Waals surface area contributed by atoms with Crippen molar-refractivity contribution in [1.29, 1.82) is 0 Å². The minimum atomic E-state index is -0.972. The van der Waals surface area contributed by atoms with E-state index >= 15 is 0 Å². The lowest BCUT2D eigenvalue weighted by Crippen LogP contribution is -2.18. The summed E-state index contributed by atoms with van der Waals surface area (Å²) in [7, 11) is 1.55. The van der Waals surface area contributed by atoms with Crippen LogP contribution in [-0.4, -0.2) is 35.3 Å². The van der Waals surface area contributed by atoms with Gasteiger partial charge in [-0.3, -0.25) is 9.59 Å². The number of benzene rings is 1. The summed E-state index contributed by atoms with van der Waals surface area (Å²) < 4.78 is 15.4. The molecule has 0 bridgehead atoms. The molecule has 0 aliphatic carbocycles. The minimum absolute atomic E-state index is 0.138. The van der Waals surface area contributed by atoms with Crippen LogP contribution in [0.5, 0.6) is 5.75 Å². The molecule has 1 aromatic rings. The van der Waals surface area contributed by atoms with E-state index in [1.165, 1.54) is 0 Å². The van der Waals surface area contributed by atoms with Crippen molar-refractivity contribution in [2.24, 2.45) is 5.92 Å². The number of carboxylic acids is 1. The second-order valence-corrected chi connectivity index (χ2v) is 6.90. The zero-order valence-electron chi connectivity index (χ0n) is 13.2. The summed E-state index contributed by atoms with van der Waals surface area (Å²) in [6, 6.07) is 1.78. The van der Waals surface area contributed by atoms with Gasteiger partial charge in [0.1, 0.15) is 5.75 Å². The zero-order valence-corrected chi connectivity index (χ0v) is 15.4. The van der Waals surface area contributed by atoms with Gasteiger partial charge in [0.2, 0.25) is 0 Å². The first kappa shape index (κ1) is 18.8. The second kappa shape index (κ2) is 8.38. The standard InChI is InChI=1S/C16H21IO5/c1-9(7-13(18)19)15(20)12-6-10(2)16(22-8-21-5)11(3)14(12)17-4/h6,9H,4,7-8H2,1-3,5H3,(H,18,19). The van der Waals surface area contributed by atoms with E-state index in [0.717, 1.165) is 14.7 Å². The van der Waals surface area contributed by atoms with Crippen LogP contribution in [-0.2, 0) is 9.53 Å². The van der Waals surface area contributed by atoms with Gasteiger partial charge < -0.3 is 14.6 Å². The summed E-state index contributed by atoms with van der Waals surface area (Å²) in [5.41, 5.74) is 2.31. The van der Waals surface area contributed by atoms with Crippen molar-refractivity contribution in [3.05, 3.63) is 26.3 Å². The van der Waals surface area contributed by atoms with Crippen molar-refractivity contribution in [2.75, 3.05) is 13.9 Å². The van der Waals surface area contributed by atoms with Crippen molar-refractivity contribution >= 4 is 37.0 Å². The molecule has 0 heterocycles. The van der Waals surface area contributed by atoms with Crippen molar-refractivity contribution in [1.82, 2.24) is 0 Å². The van der Waals surface area contributed by atoms with E-state index in [-0.39, 0.29) is 19.0 Å². The number of aliphatic carboxylic acids is 1. The molecule has 0 aromatic heterocycles. The molecule has 6 heteroatoms. The van der Waals surface area contributed by atoms with E-state index in [2.05, 4.69) is 4.51 Å². The molecule has 5 nitrogen and oxygen atoms in total. The van der Waals surface area contributed by atoms with Gasteiger partial charge in [0, 0.05) is 27.7 Å². The Morgan fingerprint density at radius 3 is 2.55 bits per heavy atom. The average Bonchev–Trinajstić information content (AvgIpc) is 2.45. The number of halogens is 1. The Balaban J connectivity index is 3.29. The van der Waals surface area contributed by atoms with Crippen molar-refractivity contribution in [2.45, 2.75) is 27.2 Å². The van der Waals surface area contributed by atoms with Gasteiger partial charge in [0.05, 0.1) is 6.42 Å². The average molecular weight is 420 g/mol. The maximum Gasteiger partial charge on any atom is 0.304 e. The van der Waals surface area contributed by atoms with E-state index in [4.69, 9.17) is 14.6 Å². The highest BCUT2D eigenvalue weighted by molar-refractivity contribution is 14.2. The molecule has 0 saturated heterocycles. The maximum atomic E-state index is 12.6. The predicted octanol–water partition coefficient (Wildman–Crippen LogP) is 3.15. The predicted molar refractivity (Wildman–Crippen MR) is 94.0 cm³/mol. The van der Waals surface area contributed by atoms with E-state index in [1.807, 2.05) is 13.8 Å². The quantitative estimate of drug-likeness (QED) is 0.398. The second-order valence-electron chi connectivity index (χ2n) is 5.06. The third kappa shape index (κ3) is 4.36. The highest BCUT2D eigenvalue weighted by Gasteiger charge is 2.23. The Morgan fingerprint density at radius 1 is 1.41 bits per heavy atom. The summed E-state index contributed by atoms with van der Waals surface area (Å²) in [4.78, 5) is 23.4. The molecule has 1 aromatic carbocycles. The largest absolute Gasteiger partial charge is 0.481 e. The van der Waals surface area contributed by atoms with Crippen LogP contribution in [0, 0.1) is 23.3 Å². The molecule has 1 N–H and O–H groups in total. The normalized spacial score (nSPS) is 12.0. The van der Waals surface area contributed by atoms with Gasteiger partial charge in [-0.15, -0.1) is 0 Å². The Hall–Kier alpha value is -1.28. The number of Topliss-reactive ketones (excluding diaryl/α,β-unsaturated/α-hetero) is 1. The lowest BCUT2D eigenvalue weighted by molar-refractivity contribution is -0.137. The van der Waals surface area contributed by atoms with Crippen LogP contribution in [0.25, 0.3) is 0 Å². The van der Waals surface area contributed by atoms with Gasteiger partial charge in [-0.05, 0) is 25.5 Å². The van der Waals surface area contributed by atoms with Crippen molar-refractivity contribution in [3.8, 4) is 5.75 Å². The molecular formula is C16H21IO5. The van der Waals surface area contributed by atoms with E-state index < -0.39 is 32.6 Å². The van der Waals surface area contributed by atoms with Crippen LogP contribution >= 0.6 is 20.7 Å². The SMILES string of the molecule is C=Ic1c(C(=O)C(C)CC(=O)O)cc(C)c(OCOC)c1C. The topological polar surface area (TPSA) is 72.8 Å². The van der Waals surface area contributed by atoms with E-state index in [0.29, 0.717) is 11.3 Å². The summed E-state index contributed by atoms with van der Waals surface area (Å²) in [5, 5.41) is 8.87. The molecule has 1 rings (SSSR count). The van der Waals surface area contributed by atoms with E-state index in [9.17, 15) is 9.59 Å². The molecule has 1 unspecified atom stereocenters. The number of rotatable bonds is 8. The number of ketones is 1. The number of aryl methyl sites for hydroxylation is 1. The summed E-state index contributed by atoms with van der Waals surface area (Å²) in [6.45, 7) is 5.54. The minimum Gasteiger partial charge on any atom is -0.481 e. The molecule has 122 valence electrons. The Morgan fingerprint density at radius 2 is 2.05 bits per heavy atom. The number of carbonyl (C=O) groups excluding carboxylic acids is 1. The number of ether oxygens (including phenoxy) is 2. The number of carboxylic acid groups (broad SMARTS) is 1. The monoisotopic (exact) mass is 420 g/mol. The molecule has 1 atom stereocenters. The smallest absolute Gasteiger partial charge is 0.304 e. The van der Waals surface area contributed by atoms with Crippen LogP contribution in [0.1, 0.15) is 34.8 Å². The first-order valence-corrected chi connectivity index (χ1v) is 9.34. The maximum absolute atomic E-state index is 12.6. The molecule has 0 aliphatic heterocycles. The van der Waals surface area contributed by atoms with Crippen molar-refractivity contribution in [3.63, 3.8) is 0 Å². The van der Waals surface area contributed by atoms with Crippen LogP contribution in [0.3, 0.4) is 0 Å². The molecule has 0 saturated carbocycles. The van der Waals surface area contributed by atoms with Gasteiger partial charge >= 0.3 is 5.97 Å². The summed E-state index contributed by atoms with van der Waals surface area (Å²) >= 11 is -0.599. The highest BCUT2D eigenvalue weighted by Crippen LogP contribution is 2.33. The van der Waals surface area contributed by atoms with Gasteiger partial charge in [-0.2, -0.15) is 0 Å². The summed E-state index contributed by atoms with van der Waals surface area (Å²) in [6.07, 6.45) is -0.173. The molecule has 22 heavy (non-hydrogen) atoms. The Labute approximate surface area is 140 Å². The molecule has 0 spiro atoms. The Kier molecular flexibility index (Phi) is 7.15. The van der Waals surface area contributed by atoms with Gasteiger partial charge in [-0.25, -0.2) is 0 Å². The number of hydrogen-bond acceptors (Lipinski definition) is 4. The highest BCUT2D eigenvalue weighted by atomic mass is 127. The van der Waals surface area contributed by atoms with Gasteiger partial charge in [-0.1, -0.05) is 32.2 Å². The third-order valence-corrected chi connectivity index (χ3v) is 5.43. The lowest BCUT2D eigenvalue weighted by Gasteiger charge is -2.18. The third-order valence-electron chi connectivity index (χ3n) is 3.27. The van der Waals surface area contributed by atoms with Gasteiger partial charge in [0.15, 0.2) is 12.6 Å². The van der Waals surface area contributed by atoms with Crippen LogP contribution in [0.2, 0.25) is 0 Å². The molecule has 0 radical (unpaired) electrons. The molecular weight excluding hydrogens is 399 g/mol. The van der Waals surface area contributed by atoms with Crippen molar-refractivity contribution < 1.29 is 24.2 Å². The van der Waals surface area contributed by atoms with Gasteiger partial charge in [0.25, 0.3) is 0 Å². The molecule has 0 aliphatic rings. The van der Waals surface area contributed by atoms with E-state index in [1.54, 1.807) is 20.1 Å². The fourth-order valence-corrected chi connectivity index (χ4v) is 3.90. The zero-order chi connectivity index (χ0) is 16.9. The van der Waals surface area contributed by atoms with Crippen LogP contribution in [0.15, 0.2) is 6.07 Å². The molecule has 0 amide bonds. The Bertz CT molecular complexity index is 595.